The fourth-order valence-corrected chi connectivity index (χ4v) is 2.45. The molecule has 128 valence electrons. The van der Waals surface area contributed by atoms with Gasteiger partial charge < -0.3 is 14.5 Å². The summed E-state index contributed by atoms with van der Waals surface area (Å²) in [7, 11) is 0. The molecule has 0 fully saturated rings. The highest BCUT2D eigenvalue weighted by Crippen LogP contribution is 2.23. The molecule has 0 unspecified atom stereocenters. The van der Waals surface area contributed by atoms with Crippen LogP contribution in [-0.2, 0) is 9.53 Å². The molecular formula is C17H10Cl2FNO4. The highest BCUT2D eigenvalue weighted by molar-refractivity contribution is 6.31. The Kier molecular flexibility index (Phi) is 4.92. The monoisotopic (exact) mass is 381 g/mol. The molecule has 0 aliphatic heterocycles. The molecule has 0 aliphatic rings. The molecule has 0 aliphatic carbocycles. The summed E-state index contributed by atoms with van der Waals surface area (Å²) in [4.78, 5) is 23.7. The highest BCUT2D eigenvalue weighted by atomic mass is 35.5. The minimum absolute atomic E-state index is 0.0704. The van der Waals surface area contributed by atoms with Gasteiger partial charge in [0.2, 0.25) is 5.76 Å². The van der Waals surface area contributed by atoms with Gasteiger partial charge in [0.15, 0.2) is 6.61 Å². The Labute approximate surface area is 151 Å². The van der Waals surface area contributed by atoms with Crippen LogP contribution in [0, 0.1) is 5.82 Å². The fourth-order valence-electron chi connectivity index (χ4n) is 2.10. The maximum Gasteiger partial charge on any atom is 0.374 e. The van der Waals surface area contributed by atoms with Gasteiger partial charge in [-0.3, -0.25) is 4.79 Å². The molecule has 0 spiro atoms. The number of carbonyl (C=O) groups is 2. The summed E-state index contributed by atoms with van der Waals surface area (Å²) in [6.45, 7) is -0.609. The van der Waals surface area contributed by atoms with Gasteiger partial charge in [-0.25, -0.2) is 9.18 Å². The summed E-state index contributed by atoms with van der Waals surface area (Å²) in [6, 6.07) is 10.0. The van der Waals surface area contributed by atoms with Crippen LogP contribution in [0.15, 0.2) is 46.9 Å². The number of carbonyl (C=O) groups excluding carboxylic acids is 2. The third-order valence-electron chi connectivity index (χ3n) is 3.22. The molecule has 5 nitrogen and oxygen atoms in total. The van der Waals surface area contributed by atoms with E-state index in [1.807, 2.05) is 0 Å². The van der Waals surface area contributed by atoms with Crippen molar-refractivity contribution in [2.45, 2.75) is 0 Å². The minimum Gasteiger partial charge on any atom is -0.450 e. The predicted molar refractivity (Wildman–Crippen MR) is 91.5 cm³/mol. The number of nitrogens with one attached hydrogen (secondary N) is 1. The number of rotatable bonds is 4. The lowest BCUT2D eigenvalue weighted by Crippen LogP contribution is -2.21. The van der Waals surface area contributed by atoms with Crippen LogP contribution in [-0.4, -0.2) is 18.5 Å². The lowest BCUT2D eigenvalue weighted by Gasteiger charge is -2.07. The first-order chi connectivity index (χ1) is 11.9. The number of esters is 1. The Morgan fingerprint density at radius 2 is 1.80 bits per heavy atom. The average molecular weight is 382 g/mol. The first-order valence-electron chi connectivity index (χ1n) is 7.03. The maximum absolute atomic E-state index is 13.5. The lowest BCUT2D eigenvalue weighted by atomic mass is 10.2. The fraction of sp³-hybridized carbons (Fsp3) is 0.0588. The molecular weight excluding hydrogens is 372 g/mol. The van der Waals surface area contributed by atoms with Gasteiger partial charge in [-0.15, -0.1) is 0 Å². The van der Waals surface area contributed by atoms with Gasteiger partial charge in [0.1, 0.15) is 11.4 Å². The zero-order chi connectivity index (χ0) is 18.0. The molecule has 0 saturated heterocycles. The summed E-state index contributed by atoms with van der Waals surface area (Å²) in [5.41, 5.74) is 0.355. The van der Waals surface area contributed by atoms with Crippen LogP contribution < -0.4 is 5.32 Å². The van der Waals surface area contributed by atoms with Crippen LogP contribution >= 0.6 is 23.2 Å². The van der Waals surface area contributed by atoms with E-state index in [-0.39, 0.29) is 16.5 Å². The first kappa shape index (κ1) is 17.3. The van der Waals surface area contributed by atoms with Crippen molar-refractivity contribution in [3.63, 3.8) is 0 Å². The molecule has 0 radical (unpaired) electrons. The standard InChI is InChI=1S/C17H10Cl2FNO4/c18-10-2-4-14-9(5-10)6-15(25-14)17(23)24-8-16(22)21-13-7-11(19)1-3-12(13)20/h1-7H,8H2,(H,21,22). The molecule has 0 bridgehead atoms. The third-order valence-corrected chi connectivity index (χ3v) is 3.69. The molecule has 3 aromatic rings. The second kappa shape index (κ2) is 7.13. The van der Waals surface area contributed by atoms with Crippen molar-refractivity contribution >= 4 is 51.7 Å². The largest absolute Gasteiger partial charge is 0.450 e. The van der Waals surface area contributed by atoms with E-state index in [2.05, 4.69) is 5.32 Å². The predicted octanol–water partition coefficient (Wildman–Crippen LogP) is 4.67. The summed E-state index contributed by atoms with van der Waals surface area (Å²) >= 11 is 11.6. The van der Waals surface area contributed by atoms with Crippen molar-refractivity contribution in [3.8, 4) is 0 Å². The van der Waals surface area contributed by atoms with E-state index in [0.717, 1.165) is 6.07 Å². The van der Waals surface area contributed by atoms with Crippen LogP contribution in [0.25, 0.3) is 11.0 Å². The molecule has 1 N–H and O–H groups in total. The van der Waals surface area contributed by atoms with Gasteiger partial charge in [0, 0.05) is 15.4 Å². The van der Waals surface area contributed by atoms with E-state index < -0.39 is 24.3 Å². The van der Waals surface area contributed by atoms with Crippen LogP contribution in [0.4, 0.5) is 10.1 Å². The van der Waals surface area contributed by atoms with Gasteiger partial charge >= 0.3 is 5.97 Å². The normalized spacial score (nSPS) is 10.7. The number of halogens is 3. The van der Waals surface area contributed by atoms with Gasteiger partial charge in [-0.05, 0) is 42.5 Å². The molecule has 0 atom stereocenters. The number of fused-ring (bicyclic) bond motifs is 1. The number of hydrogen-bond donors (Lipinski definition) is 1. The summed E-state index contributed by atoms with van der Waals surface area (Å²) in [5, 5.41) is 3.65. The Morgan fingerprint density at radius 1 is 1.08 bits per heavy atom. The zero-order valence-electron chi connectivity index (χ0n) is 12.5. The maximum atomic E-state index is 13.5. The quantitative estimate of drug-likeness (QED) is 0.666. The number of ether oxygens (including phenoxy) is 1. The van der Waals surface area contributed by atoms with Crippen molar-refractivity contribution in [1.82, 2.24) is 0 Å². The molecule has 0 saturated carbocycles. The van der Waals surface area contributed by atoms with Crippen LogP contribution in [0.1, 0.15) is 10.6 Å². The minimum atomic E-state index is -0.825. The van der Waals surface area contributed by atoms with E-state index in [0.29, 0.717) is 16.0 Å². The molecule has 8 heteroatoms. The number of anilines is 1. The number of amides is 1. The second-order valence-electron chi connectivity index (χ2n) is 5.04. The molecule has 1 aromatic heterocycles. The molecule has 2 aromatic carbocycles. The first-order valence-corrected chi connectivity index (χ1v) is 7.79. The van der Waals surface area contributed by atoms with E-state index in [4.69, 9.17) is 32.4 Å². The zero-order valence-corrected chi connectivity index (χ0v) is 14.0. The van der Waals surface area contributed by atoms with Crippen molar-refractivity contribution in [1.29, 1.82) is 0 Å². The Bertz CT molecular complexity index is 970. The second-order valence-corrected chi connectivity index (χ2v) is 5.91. The van der Waals surface area contributed by atoms with Gasteiger partial charge in [-0.1, -0.05) is 23.2 Å². The lowest BCUT2D eigenvalue weighted by molar-refractivity contribution is -0.119. The van der Waals surface area contributed by atoms with Gasteiger partial charge in [0.05, 0.1) is 5.69 Å². The van der Waals surface area contributed by atoms with Crippen molar-refractivity contribution in [3.05, 3.63) is 64.1 Å². The molecule has 3 rings (SSSR count). The van der Waals surface area contributed by atoms with Crippen molar-refractivity contribution in [2.75, 3.05) is 11.9 Å². The molecule has 25 heavy (non-hydrogen) atoms. The van der Waals surface area contributed by atoms with Crippen LogP contribution in [0.5, 0.6) is 0 Å². The average Bonchev–Trinajstić information content (AvgIpc) is 2.99. The summed E-state index contributed by atoms with van der Waals surface area (Å²) < 4.78 is 23.7. The van der Waals surface area contributed by atoms with Crippen LogP contribution in [0.2, 0.25) is 10.0 Å². The van der Waals surface area contributed by atoms with Gasteiger partial charge in [-0.2, -0.15) is 0 Å². The van der Waals surface area contributed by atoms with Gasteiger partial charge in [0.25, 0.3) is 5.91 Å². The van der Waals surface area contributed by atoms with E-state index in [9.17, 15) is 14.0 Å². The highest BCUT2D eigenvalue weighted by Gasteiger charge is 2.16. The molecule has 1 heterocycles. The topological polar surface area (TPSA) is 68.5 Å². The van der Waals surface area contributed by atoms with E-state index in [1.54, 1.807) is 18.2 Å². The van der Waals surface area contributed by atoms with E-state index in [1.165, 1.54) is 18.2 Å². The van der Waals surface area contributed by atoms with Crippen molar-refractivity contribution in [2.24, 2.45) is 0 Å². The Morgan fingerprint density at radius 3 is 2.60 bits per heavy atom. The Hall–Kier alpha value is -2.57. The third kappa shape index (κ3) is 4.10. The molecule has 1 amide bonds. The van der Waals surface area contributed by atoms with Crippen LogP contribution in [0.3, 0.4) is 0 Å². The SMILES string of the molecule is O=C(COC(=O)c1cc2cc(Cl)ccc2o1)Nc1cc(Cl)ccc1F. The van der Waals surface area contributed by atoms with Crippen molar-refractivity contribution < 1.29 is 23.1 Å². The summed E-state index contributed by atoms with van der Waals surface area (Å²) in [6.07, 6.45) is 0. The van der Waals surface area contributed by atoms with E-state index >= 15 is 0 Å². The smallest absolute Gasteiger partial charge is 0.374 e. The number of benzene rings is 2. The number of hydrogen-bond acceptors (Lipinski definition) is 4. The number of furan rings is 1. The summed E-state index contributed by atoms with van der Waals surface area (Å²) in [5.74, 6) is -2.26. The Balaban J connectivity index is 1.62.